The first kappa shape index (κ1) is 14.2. The predicted molar refractivity (Wildman–Crippen MR) is 75.5 cm³/mol. The number of nitrogens with one attached hydrogen (secondary N) is 1. The van der Waals surface area contributed by atoms with E-state index in [4.69, 9.17) is 11.6 Å². The summed E-state index contributed by atoms with van der Waals surface area (Å²) >= 11 is 5.71. The molecule has 2 aromatic rings. The lowest BCUT2D eigenvalue weighted by Crippen LogP contribution is -2.01. The highest BCUT2D eigenvalue weighted by atomic mass is 35.5. The molecule has 7 heteroatoms. The van der Waals surface area contributed by atoms with Crippen molar-refractivity contribution in [3.05, 3.63) is 51.3 Å². The van der Waals surface area contributed by atoms with Crippen molar-refractivity contribution in [2.75, 3.05) is 11.9 Å². The normalized spacial score (nSPS) is 10.3. The van der Waals surface area contributed by atoms with Gasteiger partial charge in [-0.25, -0.2) is 9.37 Å². The van der Waals surface area contributed by atoms with Gasteiger partial charge in [-0.05, 0) is 25.1 Å². The number of halogens is 2. The quantitative estimate of drug-likeness (QED) is 0.686. The smallest absolute Gasteiger partial charge is 0.275 e. The van der Waals surface area contributed by atoms with Crippen LogP contribution in [0.15, 0.2) is 30.3 Å². The zero-order valence-electron chi connectivity index (χ0n) is 10.6. The van der Waals surface area contributed by atoms with Crippen molar-refractivity contribution in [2.24, 2.45) is 0 Å². The summed E-state index contributed by atoms with van der Waals surface area (Å²) in [5, 5.41) is 13.8. The molecule has 0 unspecified atom stereocenters. The Morgan fingerprint density at radius 1 is 1.40 bits per heavy atom. The second-order valence-corrected chi connectivity index (χ2v) is 4.42. The highest BCUT2D eigenvalue weighted by Gasteiger charge is 2.13. The fourth-order valence-corrected chi connectivity index (χ4v) is 1.88. The van der Waals surface area contributed by atoms with Crippen LogP contribution in [0.1, 0.15) is 6.92 Å². The number of aromatic nitrogens is 1. The van der Waals surface area contributed by atoms with Gasteiger partial charge in [0.05, 0.1) is 21.7 Å². The fraction of sp³-hybridized carbons (Fsp3) is 0.154. The highest BCUT2D eigenvalue weighted by molar-refractivity contribution is 6.31. The standard InChI is InChI=1S/C13H11ClFN3O2/c1-2-16-13-7-9(18(19)20)6-12(17-13)8-3-4-11(15)10(14)5-8/h3-7H,2H2,1H3,(H,16,17). The van der Waals surface area contributed by atoms with Crippen LogP contribution in [0, 0.1) is 15.9 Å². The van der Waals surface area contributed by atoms with Gasteiger partial charge in [-0.2, -0.15) is 0 Å². The third kappa shape index (κ3) is 3.03. The van der Waals surface area contributed by atoms with Crippen molar-refractivity contribution in [3.63, 3.8) is 0 Å². The van der Waals surface area contributed by atoms with Gasteiger partial charge in [0.1, 0.15) is 11.6 Å². The molecule has 0 saturated carbocycles. The highest BCUT2D eigenvalue weighted by Crippen LogP contribution is 2.28. The monoisotopic (exact) mass is 295 g/mol. The van der Waals surface area contributed by atoms with E-state index in [0.29, 0.717) is 23.6 Å². The van der Waals surface area contributed by atoms with Crippen molar-refractivity contribution in [3.8, 4) is 11.3 Å². The van der Waals surface area contributed by atoms with Crippen molar-refractivity contribution in [1.82, 2.24) is 4.98 Å². The molecular weight excluding hydrogens is 285 g/mol. The van der Waals surface area contributed by atoms with Crippen molar-refractivity contribution < 1.29 is 9.31 Å². The van der Waals surface area contributed by atoms with Gasteiger partial charge in [0.15, 0.2) is 0 Å². The number of pyridine rings is 1. The summed E-state index contributed by atoms with van der Waals surface area (Å²) in [6, 6.07) is 6.73. The number of hydrogen-bond acceptors (Lipinski definition) is 4. The topological polar surface area (TPSA) is 68.1 Å². The molecule has 0 aliphatic rings. The lowest BCUT2D eigenvalue weighted by molar-refractivity contribution is -0.384. The van der Waals surface area contributed by atoms with Crippen LogP contribution in [0.2, 0.25) is 5.02 Å². The van der Waals surface area contributed by atoms with Crippen molar-refractivity contribution in [1.29, 1.82) is 0 Å². The van der Waals surface area contributed by atoms with E-state index in [2.05, 4.69) is 10.3 Å². The van der Waals surface area contributed by atoms with Crippen LogP contribution in [-0.2, 0) is 0 Å². The van der Waals surface area contributed by atoms with E-state index in [1.54, 1.807) is 0 Å². The van der Waals surface area contributed by atoms with Crippen LogP contribution in [0.4, 0.5) is 15.9 Å². The van der Waals surface area contributed by atoms with E-state index in [1.165, 1.54) is 30.3 Å². The molecule has 0 atom stereocenters. The largest absolute Gasteiger partial charge is 0.370 e. The van der Waals surface area contributed by atoms with E-state index in [0.717, 1.165) is 0 Å². The zero-order valence-corrected chi connectivity index (χ0v) is 11.3. The molecule has 2 rings (SSSR count). The zero-order chi connectivity index (χ0) is 14.7. The van der Waals surface area contributed by atoms with E-state index in [-0.39, 0.29) is 10.7 Å². The molecule has 1 heterocycles. The number of nitro groups is 1. The Hall–Kier alpha value is -2.21. The lowest BCUT2D eigenvalue weighted by atomic mass is 10.1. The van der Waals surface area contributed by atoms with Crippen LogP contribution >= 0.6 is 11.6 Å². The van der Waals surface area contributed by atoms with E-state index >= 15 is 0 Å². The van der Waals surface area contributed by atoms with Gasteiger partial charge in [-0.15, -0.1) is 0 Å². The maximum Gasteiger partial charge on any atom is 0.275 e. The Balaban J connectivity index is 2.53. The van der Waals surface area contributed by atoms with Crippen LogP contribution < -0.4 is 5.32 Å². The summed E-state index contributed by atoms with van der Waals surface area (Å²) in [5.74, 6) is -0.162. The third-order valence-electron chi connectivity index (χ3n) is 2.59. The minimum atomic E-state index is -0.548. The molecule has 0 aliphatic heterocycles. The first-order chi connectivity index (χ1) is 9.51. The number of benzene rings is 1. The minimum absolute atomic E-state index is 0.0548. The number of rotatable bonds is 4. The average molecular weight is 296 g/mol. The minimum Gasteiger partial charge on any atom is -0.370 e. The van der Waals surface area contributed by atoms with Crippen molar-refractivity contribution >= 4 is 23.1 Å². The second-order valence-electron chi connectivity index (χ2n) is 4.01. The van der Waals surface area contributed by atoms with Gasteiger partial charge in [0, 0.05) is 18.2 Å². The third-order valence-corrected chi connectivity index (χ3v) is 2.88. The summed E-state index contributed by atoms with van der Waals surface area (Å²) in [6.07, 6.45) is 0. The summed E-state index contributed by atoms with van der Waals surface area (Å²) in [6.45, 7) is 2.44. The van der Waals surface area contributed by atoms with E-state index in [9.17, 15) is 14.5 Å². The van der Waals surface area contributed by atoms with Gasteiger partial charge in [-0.3, -0.25) is 10.1 Å². The summed E-state index contributed by atoms with van der Waals surface area (Å²) in [7, 11) is 0. The van der Waals surface area contributed by atoms with Crippen LogP contribution in [0.3, 0.4) is 0 Å². The van der Waals surface area contributed by atoms with Gasteiger partial charge in [0.2, 0.25) is 0 Å². The van der Waals surface area contributed by atoms with E-state index < -0.39 is 10.7 Å². The molecule has 1 N–H and O–H groups in total. The maximum absolute atomic E-state index is 13.1. The first-order valence-corrected chi connectivity index (χ1v) is 6.25. The maximum atomic E-state index is 13.1. The number of nitrogens with zero attached hydrogens (tertiary/aromatic N) is 2. The number of hydrogen-bond donors (Lipinski definition) is 1. The Bertz CT molecular complexity index is 664. The molecule has 0 amide bonds. The van der Waals surface area contributed by atoms with Crippen LogP contribution in [-0.4, -0.2) is 16.5 Å². The van der Waals surface area contributed by atoms with Crippen molar-refractivity contribution in [2.45, 2.75) is 6.92 Å². The average Bonchev–Trinajstić information content (AvgIpc) is 2.42. The summed E-state index contributed by atoms with van der Waals surface area (Å²) in [5.41, 5.74) is 0.780. The van der Waals surface area contributed by atoms with Crippen LogP contribution in [0.5, 0.6) is 0 Å². The molecular formula is C13H11ClFN3O2. The van der Waals surface area contributed by atoms with Gasteiger partial charge < -0.3 is 5.32 Å². The molecule has 0 saturated heterocycles. The van der Waals surface area contributed by atoms with Crippen LogP contribution in [0.25, 0.3) is 11.3 Å². The molecule has 0 radical (unpaired) electrons. The molecule has 0 spiro atoms. The fourth-order valence-electron chi connectivity index (χ4n) is 1.70. The molecule has 1 aromatic heterocycles. The summed E-state index contributed by atoms with van der Waals surface area (Å²) < 4.78 is 13.1. The Morgan fingerprint density at radius 2 is 2.15 bits per heavy atom. The second kappa shape index (κ2) is 5.83. The molecule has 1 aromatic carbocycles. The molecule has 0 bridgehead atoms. The molecule has 0 fully saturated rings. The first-order valence-electron chi connectivity index (χ1n) is 5.87. The predicted octanol–water partition coefficient (Wildman–Crippen LogP) is 3.88. The van der Waals surface area contributed by atoms with Gasteiger partial charge in [-0.1, -0.05) is 11.6 Å². The lowest BCUT2D eigenvalue weighted by Gasteiger charge is -2.07. The molecule has 20 heavy (non-hydrogen) atoms. The van der Waals surface area contributed by atoms with Gasteiger partial charge >= 0.3 is 0 Å². The molecule has 0 aliphatic carbocycles. The molecule has 104 valence electrons. The van der Waals surface area contributed by atoms with Gasteiger partial charge in [0.25, 0.3) is 5.69 Å². The Morgan fingerprint density at radius 3 is 2.75 bits per heavy atom. The molecule has 5 nitrogen and oxygen atoms in total. The Labute approximate surface area is 119 Å². The van der Waals surface area contributed by atoms with E-state index in [1.807, 2.05) is 6.92 Å². The SMILES string of the molecule is CCNc1cc([N+](=O)[O-])cc(-c2ccc(F)c(Cl)c2)n1. The Kier molecular flexibility index (Phi) is 4.14. The number of anilines is 1. The summed E-state index contributed by atoms with van der Waals surface area (Å²) in [4.78, 5) is 14.7.